The van der Waals surface area contributed by atoms with Gasteiger partial charge in [-0.05, 0) is 50.7 Å². The fourth-order valence-electron chi connectivity index (χ4n) is 3.18. The van der Waals surface area contributed by atoms with E-state index < -0.39 is 0 Å². The lowest BCUT2D eigenvalue weighted by atomic mass is 9.66. The Bertz CT molecular complexity index is 212. The fraction of sp³-hybridized carbons (Fsp3) is 1.00. The number of hydrogen-bond acceptors (Lipinski definition) is 3. The van der Waals surface area contributed by atoms with E-state index in [0.29, 0.717) is 5.41 Å². The molecule has 0 atom stereocenters. The molecule has 100 valence electrons. The molecular weight excluding hydrogens is 210 g/mol. The molecule has 2 N–H and O–H groups in total. The Labute approximate surface area is 106 Å². The van der Waals surface area contributed by atoms with Crippen molar-refractivity contribution >= 4 is 0 Å². The molecule has 1 saturated heterocycles. The van der Waals surface area contributed by atoms with Gasteiger partial charge in [0.25, 0.3) is 0 Å². The van der Waals surface area contributed by atoms with Gasteiger partial charge in [0.05, 0.1) is 0 Å². The Morgan fingerprint density at radius 2 is 1.59 bits per heavy atom. The van der Waals surface area contributed by atoms with E-state index in [1.165, 1.54) is 71.4 Å². The Morgan fingerprint density at radius 3 is 2.00 bits per heavy atom. The van der Waals surface area contributed by atoms with Crippen molar-refractivity contribution in [3.8, 4) is 0 Å². The summed E-state index contributed by atoms with van der Waals surface area (Å²) in [5.41, 5.74) is 6.45. The summed E-state index contributed by atoms with van der Waals surface area (Å²) < 4.78 is 0. The van der Waals surface area contributed by atoms with Crippen LogP contribution in [0.3, 0.4) is 0 Å². The monoisotopic (exact) mass is 239 g/mol. The van der Waals surface area contributed by atoms with Crippen LogP contribution in [0.1, 0.15) is 39.0 Å². The molecule has 0 aromatic rings. The van der Waals surface area contributed by atoms with E-state index in [1.807, 2.05) is 0 Å². The van der Waals surface area contributed by atoms with Crippen LogP contribution in [0.5, 0.6) is 0 Å². The maximum atomic E-state index is 5.92. The molecule has 0 aromatic carbocycles. The Kier molecular flexibility index (Phi) is 4.83. The lowest BCUT2D eigenvalue weighted by Crippen LogP contribution is -2.48. The van der Waals surface area contributed by atoms with Gasteiger partial charge in [0.1, 0.15) is 0 Å². The van der Waals surface area contributed by atoms with Crippen molar-refractivity contribution in [2.75, 3.05) is 45.8 Å². The van der Waals surface area contributed by atoms with Crippen LogP contribution < -0.4 is 5.73 Å². The highest BCUT2D eigenvalue weighted by molar-refractivity contribution is 4.89. The van der Waals surface area contributed by atoms with E-state index in [-0.39, 0.29) is 0 Å². The van der Waals surface area contributed by atoms with Crippen LogP contribution in [-0.4, -0.2) is 55.6 Å². The summed E-state index contributed by atoms with van der Waals surface area (Å²) in [6.45, 7) is 10.8. The second kappa shape index (κ2) is 6.17. The SMILES string of the molecule is CCCN1CCN(CCC2(CN)CCC2)CC1. The first-order valence-corrected chi connectivity index (χ1v) is 7.43. The minimum Gasteiger partial charge on any atom is -0.330 e. The summed E-state index contributed by atoms with van der Waals surface area (Å²) >= 11 is 0. The standard InChI is InChI=1S/C14H29N3/c1-2-7-16-9-11-17(12-10-16)8-6-14(13-15)4-3-5-14/h2-13,15H2,1H3. The van der Waals surface area contributed by atoms with Crippen LogP contribution in [0.25, 0.3) is 0 Å². The summed E-state index contributed by atoms with van der Waals surface area (Å²) in [6.07, 6.45) is 6.77. The smallest absolute Gasteiger partial charge is 0.0110 e. The third-order valence-electron chi connectivity index (χ3n) is 4.81. The molecule has 0 aromatic heterocycles. The van der Waals surface area contributed by atoms with Crippen molar-refractivity contribution in [3.63, 3.8) is 0 Å². The summed E-state index contributed by atoms with van der Waals surface area (Å²) in [4.78, 5) is 5.24. The minimum atomic E-state index is 0.528. The molecular formula is C14H29N3. The van der Waals surface area contributed by atoms with Crippen molar-refractivity contribution < 1.29 is 0 Å². The van der Waals surface area contributed by atoms with Gasteiger partial charge in [0.15, 0.2) is 0 Å². The van der Waals surface area contributed by atoms with E-state index in [2.05, 4.69) is 16.7 Å². The largest absolute Gasteiger partial charge is 0.330 e. The molecule has 0 radical (unpaired) electrons. The van der Waals surface area contributed by atoms with E-state index in [4.69, 9.17) is 5.73 Å². The highest BCUT2D eigenvalue weighted by atomic mass is 15.3. The second-order valence-electron chi connectivity index (χ2n) is 5.99. The summed E-state index contributed by atoms with van der Waals surface area (Å²) in [5.74, 6) is 0. The van der Waals surface area contributed by atoms with E-state index in [9.17, 15) is 0 Å². The zero-order valence-electron chi connectivity index (χ0n) is 11.5. The zero-order valence-corrected chi connectivity index (χ0v) is 11.5. The van der Waals surface area contributed by atoms with Gasteiger partial charge in [0, 0.05) is 26.2 Å². The van der Waals surface area contributed by atoms with Crippen molar-refractivity contribution in [1.29, 1.82) is 0 Å². The molecule has 0 unspecified atom stereocenters. The maximum absolute atomic E-state index is 5.92. The van der Waals surface area contributed by atoms with Crippen LogP contribution in [-0.2, 0) is 0 Å². The molecule has 3 nitrogen and oxygen atoms in total. The summed E-state index contributed by atoms with van der Waals surface area (Å²) in [7, 11) is 0. The predicted octanol–water partition coefficient (Wildman–Crippen LogP) is 1.53. The quantitative estimate of drug-likeness (QED) is 0.763. The average molecular weight is 239 g/mol. The molecule has 1 aliphatic carbocycles. The van der Waals surface area contributed by atoms with Crippen LogP contribution in [0.2, 0.25) is 0 Å². The molecule has 0 spiro atoms. The number of hydrogen-bond donors (Lipinski definition) is 1. The zero-order chi connectivity index (χ0) is 12.1. The number of piperazine rings is 1. The Hall–Kier alpha value is -0.120. The number of rotatable bonds is 6. The molecule has 2 rings (SSSR count). The summed E-state index contributed by atoms with van der Waals surface area (Å²) in [6, 6.07) is 0. The molecule has 2 aliphatic rings. The van der Waals surface area contributed by atoms with Crippen molar-refractivity contribution in [2.45, 2.75) is 39.0 Å². The second-order valence-corrected chi connectivity index (χ2v) is 5.99. The van der Waals surface area contributed by atoms with Gasteiger partial charge < -0.3 is 15.5 Å². The molecule has 1 saturated carbocycles. The normalized spacial score (nSPS) is 25.8. The third kappa shape index (κ3) is 3.43. The van der Waals surface area contributed by atoms with Gasteiger partial charge in [-0.25, -0.2) is 0 Å². The molecule has 0 amide bonds. The Morgan fingerprint density at radius 1 is 1.00 bits per heavy atom. The lowest BCUT2D eigenvalue weighted by molar-refractivity contribution is 0.0804. The van der Waals surface area contributed by atoms with Crippen LogP contribution in [0.15, 0.2) is 0 Å². The van der Waals surface area contributed by atoms with Crippen LogP contribution >= 0.6 is 0 Å². The Balaban J connectivity index is 1.64. The molecule has 3 heteroatoms. The first-order valence-electron chi connectivity index (χ1n) is 7.43. The van der Waals surface area contributed by atoms with Gasteiger partial charge in [-0.15, -0.1) is 0 Å². The van der Waals surface area contributed by atoms with Gasteiger partial charge >= 0.3 is 0 Å². The maximum Gasteiger partial charge on any atom is 0.0110 e. The van der Waals surface area contributed by atoms with Gasteiger partial charge in [-0.2, -0.15) is 0 Å². The molecule has 1 aliphatic heterocycles. The number of nitrogens with two attached hydrogens (primary N) is 1. The summed E-state index contributed by atoms with van der Waals surface area (Å²) in [5, 5.41) is 0. The van der Waals surface area contributed by atoms with E-state index in [0.717, 1.165) is 6.54 Å². The van der Waals surface area contributed by atoms with Crippen LogP contribution in [0.4, 0.5) is 0 Å². The van der Waals surface area contributed by atoms with Crippen molar-refractivity contribution in [2.24, 2.45) is 11.1 Å². The van der Waals surface area contributed by atoms with Gasteiger partial charge in [-0.3, -0.25) is 0 Å². The number of nitrogens with zero attached hydrogens (tertiary/aromatic N) is 2. The molecule has 17 heavy (non-hydrogen) atoms. The molecule has 1 heterocycles. The molecule has 2 fully saturated rings. The lowest BCUT2D eigenvalue weighted by Gasteiger charge is -2.43. The van der Waals surface area contributed by atoms with Gasteiger partial charge in [0.2, 0.25) is 0 Å². The topological polar surface area (TPSA) is 32.5 Å². The minimum absolute atomic E-state index is 0.528. The first-order chi connectivity index (χ1) is 8.28. The third-order valence-corrected chi connectivity index (χ3v) is 4.81. The molecule has 0 bridgehead atoms. The van der Waals surface area contributed by atoms with Gasteiger partial charge in [-0.1, -0.05) is 13.3 Å². The predicted molar refractivity (Wildman–Crippen MR) is 73.1 cm³/mol. The first kappa shape index (κ1) is 13.3. The van der Waals surface area contributed by atoms with Crippen molar-refractivity contribution in [1.82, 2.24) is 9.80 Å². The highest BCUT2D eigenvalue weighted by Crippen LogP contribution is 2.42. The van der Waals surface area contributed by atoms with Crippen molar-refractivity contribution in [3.05, 3.63) is 0 Å². The van der Waals surface area contributed by atoms with Crippen LogP contribution in [0, 0.1) is 5.41 Å². The average Bonchev–Trinajstić information content (AvgIpc) is 2.31. The van der Waals surface area contributed by atoms with E-state index in [1.54, 1.807) is 0 Å². The fourth-order valence-corrected chi connectivity index (χ4v) is 3.18. The highest BCUT2D eigenvalue weighted by Gasteiger charge is 2.35. The van der Waals surface area contributed by atoms with E-state index >= 15 is 0 Å².